The minimum atomic E-state index is -0.0601. The SMILES string of the molecule is Cn1nc(-c2cccs2)cc1C(=O)N1CCC(Oc2ncccc2Br)C1. The number of hydrogen-bond donors (Lipinski definition) is 0. The molecule has 134 valence electrons. The quantitative estimate of drug-likeness (QED) is 0.631. The van der Waals surface area contributed by atoms with Gasteiger partial charge < -0.3 is 9.64 Å². The normalized spacial score (nSPS) is 16.8. The van der Waals surface area contributed by atoms with E-state index in [9.17, 15) is 4.79 Å². The van der Waals surface area contributed by atoms with Crippen LogP contribution in [0.25, 0.3) is 10.6 Å². The number of hydrogen-bond acceptors (Lipinski definition) is 5. The second-order valence-corrected chi connectivity index (χ2v) is 7.89. The van der Waals surface area contributed by atoms with E-state index in [-0.39, 0.29) is 12.0 Å². The van der Waals surface area contributed by atoms with Crippen LogP contribution in [-0.2, 0) is 7.05 Å². The lowest BCUT2D eigenvalue weighted by atomic mass is 10.3. The van der Waals surface area contributed by atoms with E-state index in [4.69, 9.17) is 4.74 Å². The summed E-state index contributed by atoms with van der Waals surface area (Å²) in [7, 11) is 1.80. The molecular weight excluding hydrogens is 416 g/mol. The lowest BCUT2D eigenvalue weighted by Gasteiger charge is -2.17. The Labute approximate surface area is 163 Å². The molecule has 0 spiro atoms. The molecule has 0 aliphatic carbocycles. The lowest BCUT2D eigenvalue weighted by molar-refractivity contribution is 0.0760. The molecule has 0 bridgehead atoms. The largest absolute Gasteiger partial charge is 0.472 e. The maximum Gasteiger partial charge on any atom is 0.272 e. The average molecular weight is 433 g/mol. The summed E-state index contributed by atoms with van der Waals surface area (Å²) in [6, 6.07) is 9.58. The van der Waals surface area contributed by atoms with Crippen molar-refractivity contribution in [2.24, 2.45) is 7.05 Å². The van der Waals surface area contributed by atoms with Crippen LogP contribution >= 0.6 is 27.3 Å². The van der Waals surface area contributed by atoms with Gasteiger partial charge in [-0.25, -0.2) is 4.98 Å². The van der Waals surface area contributed by atoms with Crippen molar-refractivity contribution in [3.05, 3.63) is 52.1 Å². The topological polar surface area (TPSA) is 60.2 Å². The molecule has 0 radical (unpaired) electrons. The molecule has 1 amide bonds. The fourth-order valence-corrected chi connectivity index (χ4v) is 4.03. The van der Waals surface area contributed by atoms with Crippen molar-refractivity contribution in [2.75, 3.05) is 13.1 Å². The molecule has 1 saturated heterocycles. The van der Waals surface area contributed by atoms with Gasteiger partial charge in [0.2, 0.25) is 5.88 Å². The minimum absolute atomic E-state index is 0.0195. The van der Waals surface area contributed by atoms with Crippen LogP contribution in [-0.4, -0.2) is 44.8 Å². The number of nitrogens with zero attached hydrogens (tertiary/aromatic N) is 4. The Hall–Kier alpha value is -2.19. The number of aromatic nitrogens is 3. The van der Waals surface area contributed by atoms with E-state index in [0.29, 0.717) is 24.7 Å². The highest BCUT2D eigenvalue weighted by Gasteiger charge is 2.30. The van der Waals surface area contributed by atoms with Crippen molar-refractivity contribution in [3.8, 4) is 16.5 Å². The van der Waals surface area contributed by atoms with Gasteiger partial charge in [0, 0.05) is 26.2 Å². The predicted molar refractivity (Wildman–Crippen MR) is 103 cm³/mol. The number of pyridine rings is 1. The van der Waals surface area contributed by atoms with Crippen molar-refractivity contribution >= 4 is 33.2 Å². The average Bonchev–Trinajstić information content (AvgIpc) is 3.36. The highest BCUT2D eigenvalue weighted by molar-refractivity contribution is 9.10. The Morgan fingerprint density at radius 3 is 3.04 bits per heavy atom. The van der Waals surface area contributed by atoms with Crippen molar-refractivity contribution in [2.45, 2.75) is 12.5 Å². The van der Waals surface area contributed by atoms with Gasteiger partial charge >= 0.3 is 0 Å². The minimum Gasteiger partial charge on any atom is -0.472 e. The highest BCUT2D eigenvalue weighted by Crippen LogP contribution is 2.27. The molecule has 1 atom stereocenters. The Morgan fingerprint density at radius 1 is 1.38 bits per heavy atom. The van der Waals surface area contributed by atoms with Crippen LogP contribution in [0, 0.1) is 0 Å². The first-order valence-corrected chi connectivity index (χ1v) is 9.93. The van der Waals surface area contributed by atoms with Gasteiger partial charge in [0.1, 0.15) is 17.5 Å². The summed E-state index contributed by atoms with van der Waals surface area (Å²) in [5, 5.41) is 6.48. The van der Waals surface area contributed by atoms with E-state index >= 15 is 0 Å². The molecule has 3 aromatic heterocycles. The first kappa shape index (κ1) is 17.2. The third-order valence-corrected chi connectivity index (χ3v) is 5.80. The standard InChI is InChI=1S/C18H17BrN4O2S/c1-22-15(10-14(21-22)16-5-3-9-26-16)18(24)23-8-6-12(11-23)25-17-13(19)4-2-7-20-17/h2-5,7,9-10,12H,6,8,11H2,1H3. The van der Waals surface area contributed by atoms with Crippen LogP contribution in [0.2, 0.25) is 0 Å². The second-order valence-electron chi connectivity index (χ2n) is 6.09. The fraction of sp³-hybridized carbons (Fsp3) is 0.278. The van der Waals surface area contributed by atoms with Gasteiger partial charge in [-0.3, -0.25) is 9.48 Å². The van der Waals surface area contributed by atoms with Gasteiger partial charge in [0.05, 0.1) is 15.9 Å². The number of rotatable bonds is 4. The summed E-state index contributed by atoms with van der Waals surface area (Å²) in [5.74, 6) is 0.543. The summed E-state index contributed by atoms with van der Waals surface area (Å²) >= 11 is 5.05. The van der Waals surface area contributed by atoms with Crippen molar-refractivity contribution in [1.29, 1.82) is 0 Å². The first-order chi connectivity index (χ1) is 12.6. The van der Waals surface area contributed by atoms with Crippen LogP contribution in [0.5, 0.6) is 5.88 Å². The Balaban J connectivity index is 1.46. The third kappa shape index (κ3) is 3.39. The second kappa shape index (κ2) is 7.20. The predicted octanol–water partition coefficient (Wildman–Crippen LogP) is 3.60. The van der Waals surface area contributed by atoms with Crippen molar-refractivity contribution in [1.82, 2.24) is 19.7 Å². The number of ether oxygens (including phenoxy) is 1. The summed E-state index contributed by atoms with van der Waals surface area (Å²) in [5.41, 5.74) is 1.42. The summed E-state index contributed by atoms with van der Waals surface area (Å²) in [6.45, 7) is 1.20. The third-order valence-electron chi connectivity index (χ3n) is 4.31. The summed E-state index contributed by atoms with van der Waals surface area (Å²) in [6.07, 6.45) is 2.42. The molecular formula is C18H17BrN4O2S. The van der Waals surface area contributed by atoms with Crippen molar-refractivity contribution in [3.63, 3.8) is 0 Å². The number of carbonyl (C=O) groups is 1. The van der Waals surface area contributed by atoms with Gasteiger partial charge in [-0.2, -0.15) is 5.10 Å². The Kier molecular flexibility index (Phi) is 4.78. The molecule has 0 N–H and O–H groups in total. The zero-order valence-corrected chi connectivity index (χ0v) is 16.5. The fourth-order valence-electron chi connectivity index (χ4n) is 3.00. The van der Waals surface area contributed by atoms with E-state index in [1.165, 1.54) is 0 Å². The summed E-state index contributed by atoms with van der Waals surface area (Å²) in [4.78, 5) is 20.0. The molecule has 0 saturated carbocycles. The summed E-state index contributed by atoms with van der Waals surface area (Å²) < 4.78 is 8.41. The molecule has 4 rings (SSSR count). The number of thiophene rings is 1. The molecule has 0 aromatic carbocycles. The molecule has 4 heterocycles. The van der Waals surface area contributed by atoms with Crippen molar-refractivity contribution < 1.29 is 9.53 Å². The van der Waals surface area contributed by atoms with E-state index in [2.05, 4.69) is 26.0 Å². The number of likely N-dealkylation sites (tertiary alicyclic amines) is 1. The van der Waals surface area contributed by atoms with Gasteiger partial charge in [0.25, 0.3) is 5.91 Å². The number of aryl methyl sites for hydroxylation is 1. The molecule has 1 aliphatic heterocycles. The van der Waals surface area contributed by atoms with E-state index in [1.54, 1.807) is 29.3 Å². The van der Waals surface area contributed by atoms with Crippen LogP contribution in [0.3, 0.4) is 0 Å². The molecule has 6 nitrogen and oxygen atoms in total. The van der Waals surface area contributed by atoms with Gasteiger partial charge in [-0.1, -0.05) is 6.07 Å². The Bertz CT molecular complexity index is 925. The molecule has 1 aliphatic rings. The molecule has 1 unspecified atom stereocenters. The van der Waals surface area contributed by atoms with E-state index in [0.717, 1.165) is 21.5 Å². The molecule has 26 heavy (non-hydrogen) atoms. The zero-order chi connectivity index (χ0) is 18.1. The molecule has 1 fully saturated rings. The molecule has 3 aromatic rings. The van der Waals surface area contributed by atoms with Gasteiger partial charge in [0.15, 0.2) is 0 Å². The smallest absolute Gasteiger partial charge is 0.272 e. The number of carbonyl (C=O) groups excluding carboxylic acids is 1. The number of amides is 1. The Morgan fingerprint density at radius 2 is 2.27 bits per heavy atom. The van der Waals surface area contributed by atoms with E-state index < -0.39 is 0 Å². The van der Waals surface area contributed by atoms with Gasteiger partial charge in [-0.15, -0.1) is 11.3 Å². The highest BCUT2D eigenvalue weighted by atomic mass is 79.9. The maximum absolute atomic E-state index is 12.9. The lowest BCUT2D eigenvalue weighted by Crippen LogP contribution is -2.32. The number of halogens is 1. The zero-order valence-electron chi connectivity index (χ0n) is 14.1. The van der Waals surface area contributed by atoms with Crippen LogP contribution in [0.1, 0.15) is 16.9 Å². The first-order valence-electron chi connectivity index (χ1n) is 8.26. The van der Waals surface area contributed by atoms with Crippen LogP contribution in [0.15, 0.2) is 46.4 Å². The molecule has 8 heteroatoms. The van der Waals surface area contributed by atoms with Crippen LogP contribution in [0.4, 0.5) is 0 Å². The van der Waals surface area contributed by atoms with E-state index in [1.807, 2.05) is 40.6 Å². The van der Waals surface area contributed by atoms with Gasteiger partial charge in [-0.05, 0) is 45.6 Å². The maximum atomic E-state index is 12.9. The van der Waals surface area contributed by atoms with Crippen LogP contribution < -0.4 is 4.74 Å². The monoisotopic (exact) mass is 432 g/mol.